The van der Waals surface area contributed by atoms with Crippen LogP contribution in [0.1, 0.15) is 26.4 Å². The van der Waals surface area contributed by atoms with E-state index < -0.39 is 0 Å². The number of carbonyl (C=O) groups is 2. The zero-order valence-corrected chi connectivity index (χ0v) is 15.1. The van der Waals surface area contributed by atoms with Gasteiger partial charge in [0.25, 0.3) is 11.8 Å². The van der Waals surface area contributed by atoms with Gasteiger partial charge < -0.3 is 15.4 Å². The largest absolute Gasteiger partial charge is 0.497 e. The third-order valence-corrected chi connectivity index (χ3v) is 4.00. The van der Waals surface area contributed by atoms with Crippen molar-refractivity contribution in [3.05, 3.63) is 77.5 Å². The maximum Gasteiger partial charge on any atom is 0.272 e. The van der Waals surface area contributed by atoms with E-state index in [1.807, 2.05) is 30.3 Å². The van der Waals surface area contributed by atoms with E-state index in [0.29, 0.717) is 17.9 Å². The van der Waals surface area contributed by atoms with Gasteiger partial charge in [-0.2, -0.15) is 5.10 Å². The number of anilines is 1. The first-order chi connectivity index (χ1) is 13.1. The number of carbonyl (C=O) groups excluding carboxylic acids is 2. The Morgan fingerprint density at radius 1 is 1.04 bits per heavy atom. The molecule has 0 aliphatic heterocycles. The number of aromatic nitrogens is 2. The van der Waals surface area contributed by atoms with Gasteiger partial charge in [-0.05, 0) is 29.8 Å². The summed E-state index contributed by atoms with van der Waals surface area (Å²) >= 11 is 0. The molecule has 1 heterocycles. The molecule has 0 bridgehead atoms. The van der Waals surface area contributed by atoms with E-state index in [4.69, 9.17) is 4.74 Å². The van der Waals surface area contributed by atoms with E-state index in [2.05, 4.69) is 15.7 Å². The molecule has 2 aromatic carbocycles. The average molecular weight is 364 g/mol. The molecule has 0 unspecified atom stereocenters. The average Bonchev–Trinajstić information content (AvgIpc) is 3.07. The minimum atomic E-state index is -0.318. The zero-order valence-electron chi connectivity index (χ0n) is 15.1. The zero-order chi connectivity index (χ0) is 19.2. The first-order valence-electron chi connectivity index (χ1n) is 8.38. The Hall–Kier alpha value is -3.61. The summed E-state index contributed by atoms with van der Waals surface area (Å²) in [6.45, 7) is 0.366. The minimum Gasteiger partial charge on any atom is -0.497 e. The molecule has 0 saturated carbocycles. The number of nitrogens with one attached hydrogen (secondary N) is 2. The van der Waals surface area contributed by atoms with Crippen molar-refractivity contribution in [2.45, 2.75) is 6.54 Å². The summed E-state index contributed by atoms with van der Waals surface area (Å²) in [4.78, 5) is 24.6. The van der Waals surface area contributed by atoms with Crippen LogP contribution in [0.3, 0.4) is 0 Å². The van der Waals surface area contributed by atoms with Crippen molar-refractivity contribution in [2.75, 3.05) is 12.4 Å². The van der Waals surface area contributed by atoms with Crippen LogP contribution < -0.4 is 15.4 Å². The molecule has 3 aromatic rings. The van der Waals surface area contributed by atoms with Crippen LogP contribution in [0.4, 0.5) is 5.82 Å². The standard InChI is InChI=1S/C20H20N4O3/c1-24-18(22-19(25)15-6-4-3-5-7-15)12-17(23-24)20(26)21-13-14-8-10-16(27-2)11-9-14/h3-12H,13H2,1-2H3,(H,21,26)(H,22,25). The van der Waals surface area contributed by atoms with E-state index >= 15 is 0 Å². The van der Waals surface area contributed by atoms with Crippen LogP contribution in [0.5, 0.6) is 5.75 Å². The first-order valence-corrected chi connectivity index (χ1v) is 8.38. The van der Waals surface area contributed by atoms with Crippen LogP contribution >= 0.6 is 0 Å². The fourth-order valence-electron chi connectivity index (χ4n) is 2.49. The third kappa shape index (κ3) is 4.52. The quantitative estimate of drug-likeness (QED) is 0.704. The molecule has 3 rings (SSSR count). The summed E-state index contributed by atoms with van der Waals surface area (Å²) in [5.74, 6) is 0.623. The summed E-state index contributed by atoms with van der Waals surface area (Å²) in [5.41, 5.74) is 1.70. The second kappa shape index (κ2) is 8.18. The molecule has 0 spiro atoms. The van der Waals surface area contributed by atoms with Gasteiger partial charge >= 0.3 is 0 Å². The van der Waals surface area contributed by atoms with Crippen molar-refractivity contribution < 1.29 is 14.3 Å². The summed E-state index contributed by atoms with van der Waals surface area (Å²) in [6, 6.07) is 17.8. The van der Waals surface area contributed by atoms with Gasteiger partial charge in [0, 0.05) is 25.2 Å². The minimum absolute atomic E-state index is 0.231. The summed E-state index contributed by atoms with van der Waals surface area (Å²) in [7, 11) is 3.27. The Labute approximate surface area is 157 Å². The Kier molecular flexibility index (Phi) is 5.51. The summed E-state index contributed by atoms with van der Waals surface area (Å²) < 4.78 is 6.57. The molecule has 7 heteroatoms. The third-order valence-electron chi connectivity index (χ3n) is 4.00. The molecule has 1 aromatic heterocycles. The number of ether oxygens (including phenoxy) is 1. The van der Waals surface area contributed by atoms with Gasteiger partial charge in [0.1, 0.15) is 11.6 Å². The Morgan fingerprint density at radius 2 is 1.74 bits per heavy atom. The number of nitrogens with zero attached hydrogens (tertiary/aromatic N) is 2. The first kappa shape index (κ1) is 18.2. The lowest BCUT2D eigenvalue weighted by atomic mass is 10.2. The Balaban J connectivity index is 1.62. The predicted octanol–water partition coefficient (Wildman–Crippen LogP) is 2.61. The van der Waals surface area contributed by atoms with Crippen molar-refractivity contribution in [3.8, 4) is 5.75 Å². The Morgan fingerprint density at radius 3 is 2.41 bits per heavy atom. The molecule has 0 radical (unpaired) electrons. The predicted molar refractivity (Wildman–Crippen MR) is 102 cm³/mol. The van der Waals surface area contributed by atoms with Gasteiger partial charge in [0.05, 0.1) is 7.11 Å². The van der Waals surface area contributed by atoms with Gasteiger partial charge in [-0.1, -0.05) is 30.3 Å². The second-order valence-corrected chi connectivity index (χ2v) is 5.89. The number of hydrogen-bond donors (Lipinski definition) is 2. The SMILES string of the molecule is COc1ccc(CNC(=O)c2cc(NC(=O)c3ccccc3)n(C)n2)cc1. The van der Waals surface area contributed by atoms with E-state index in [0.717, 1.165) is 11.3 Å². The number of hydrogen-bond acceptors (Lipinski definition) is 4. The lowest BCUT2D eigenvalue weighted by Gasteiger charge is -2.04. The van der Waals surface area contributed by atoms with E-state index in [1.54, 1.807) is 44.5 Å². The fraction of sp³-hybridized carbons (Fsp3) is 0.150. The number of aryl methyl sites for hydroxylation is 1. The highest BCUT2D eigenvalue weighted by Crippen LogP contribution is 2.13. The van der Waals surface area contributed by atoms with Gasteiger partial charge in [0.15, 0.2) is 5.69 Å². The molecule has 0 fully saturated rings. The molecule has 27 heavy (non-hydrogen) atoms. The second-order valence-electron chi connectivity index (χ2n) is 5.89. The smallest absolute Gasteiger partial charge is 0.272 e. The number of amides is 2. The van der Waals surface area contributed by atoms with Gasteiger partial charge in [-0.25, -0.2) is 0 Å². The van der Waals surface area contributed by atoms with E-state index in [9.17, 15) is 9.59 Å². The lowest BCUT2D eigenvalue weighted by molar-refractivity contribution is 0.0944. The van der Waals surface area contributed by atoms with Crippen LogP contribution in [0.15, 0.2) is 60.7 Å². The summed E-state index contributed by atoms with van der Waals surface area (Å²) in [6.07, 6.45) is 0. The highest BCUT2D eigenvalue weighted by atomic mass is 16.5. The number of methoxy groups -OCH3 is 1. The molecule has 0 aliphatic rings. The molecule has 0 aliphatic carbocycles. The number of rotatable bonds is 6. The topological polar surface area (TPSA) is 85.3 Å². The van der Waals surface area contributed by atoms with Gasteiger partial charge in [-0.3, -0.25) is 14.3 Å². The normalized spacial score (nSPS) is 10.3. The summed E-state index contributed by atoms with van der Waals surface area (Å²) in [5, 5.41) is 9.73. The van der Waals surface area contributed by atoms with Gasteiger partial charge in [0.2, 0.25) is 0 Å². The highest BCUT2D eigenvalue weighted by Gasteiger charge is 2.15. The number of benzene rings is 2. The molecule has 0 saturated heterocycles. The van der Waals surface area contributed by atoms with E-state index in [1.165, 1.54) is 4.68 Å². The van der Waals surface area contributed by atoms with Crippen molar-refractivity contribution in [1.82, 2.24) is 15.1 Å². The molecule has 7 nitrogen and oxygen atoms in total. The molecular weight excluding hydrogens is 344 g/mol. The monoisotopic (exact) mass is 364 g/mol. The lowest BCUT2D eigenvalue weighted by Crippen LogP contribution is -2.23. The van der Waals surface area contributed by atoms with Crippen molar-refractivity contribution in [3.63, 3.8) is 0 Å². The Bertz CT molecular complexity index is 934. The van der Waals surface area contributed by atoms with Gasteiger partial charge in [-0.15, -0.1) is 0 Å². The highest BCUT2D eigenvalue weighted by molar-refractivity contribution is 6.04. The molecule has 2 N–H and O–H groups in total. The van der Waals surface area contributed by atoms with Crippen LogP contribution in [-0.4, -0.2) is 28.7 Å². The van der Waals surface area contributed by atoms with Crippen LogP contribution in [0.25, 0.3) is 0 Å². The fourth-order valence-corrected chi connectivity index (χ4v) is 2.49. The molecule has 138 valence electrons. The molecule has 0 atom stereocenters. The van der Waals surface area contributed by atoms with E-state index in [-0.39, 0.29) is 17.5 Å². The molecular formula is C20H20N4O3. The molecule has 2 amide bonds. The van der Waals surface area contributed by atoms with Crippen LogP contribution in [0, 0.1) is 0 Å². The van der Waals surface area contributed by atoms with Crippen LogP contribution in [-0.2, 0) is 13.6 Å². The maximum absolute atomic E-state index is 12.3. The van der Waals surface area contributed by atoms with Crippen molar-refractivity contribution in [2.24, 2.45) is 7.05 Å². The van der Waals surface area contributed by atoms with Crippen molar-refractivity contribution >= 4 is 17.6 Å². The van der Waals surface area contributed by atoms with Crippen LogP contribution in [0.2, 0.25) is 0 Å². The maximum atomic E-state index is 12.3. The van der Waals surface area contributed by atoms with Crippen molar-refractivity contribution in [1.29, 1.82) is 0 Å².